The summed E-state index contributed by atoms with van der Waals surface area (Å²) in [6.07, 6.45) is 1.37. The summed E-state index contributed by atoms with van der Waals surface area (Å²) in [5.41, 5.74) is 0. The fourth-order valence-corrected chi connectivity index (χ4v) is 0.686. The van der Waals surface area contributed by atoms with Crippen LogP contribution in [-0.2, 0) is 21.1 Å². The molecule has 0 saturated heterocycles. The van der Waals surface area contributed by atoms with Crippen LogP contribution < -0.4 is 0 Å². The van der Waals surface area contributed by atoms with Crippen molar-refractivity contribution in [2.75, 3.05) is 6.61 Å². The SMILES string of the molecule is OCCC[CH](O)[Au]. The minimum atomic E-state index is -0.313. The quantitative estimate of drug-likeness (QED) is 0.695. The summed E-state index contributed by atoms with van der Waals surface area (Å²) < 4.78 is -0.313. The van der Waals surface area contributed by atoms with E-state index < -0.39 is 0 Å². The van der Waals surface area contributed by atoms with Crippen molar-refractivity contribution in [3.05, 3.63) is 0 Å². The van der Waals surface area contributed by atoms with E-state index in [1.807, 2.05) is 0 Å². The summed E-state index contributed by atoms with van der Waals surface area (Å²) in [5.74, 6) is 0. The summed E-state index contributed by atoms with van der Waals surface area (Å²) >= 11 is 2.07. The maximum absolute atomic E-state index is 8.55. The minimum absolute atomic E-state index is 0.177. The molecule has 0 aromatic rings. The average Bonchev–Trinajstić information content (AvgIpc) is 1.61. The molecule has 3 heteroatoms. The fraction of sp³-hybridized carbons (Fsp3) is 1.00. The second kappa shape index (κ2) is 4.81. The molecule has 7 heavy (non-hydrogen) atoms. The first-order chi connectivity index (χ1) is 3.27. The van der Waals surface area contributed by atoms with Crippen molar-refractivity contribution < 1.29 is 31.3 Å². The van der Waals surface area contributed by atoms with Crippen LogP contribution >= 0.6 is 0 Å². The summed E-state index contributed by atoms with van der Waals surface area (Å²) in [6, 6.07) is 0. The monoisotopic (exact) mass is 286 g/mol. The first-order valence-corrected chi connectivity index (χ1v) is 3.41. The maximum atomic E-state index is 8.55. The van der Waals surface area contributed by atoms with Gasteiger partial charge in [-0.15, -0.1) is 0 Å². The molecule has 0 aliphatic carbocycles. The molecule has 48 valence electrons. The molecule has 0 fully saturated rings. The molecule has 0 spiro atoms. The second-order valence-corrected chi connectivity index (χ2v) is 2.69. The Balaban J connectivity index is 2.68. The standard InChI is InChI=1S/C4H9O2.Au/c5-3-1-2-4-6;/h3,5-6H,1-2,4H2;. The molecule has 0 bridgehead atoms. The molecule has 2 nitrogen and oxygen atoms in total. The van der Waals surface area contributed by atoms with Gasteiger partial charge >= 0.3 is 55.1 Å². The van der Waals surface area contributed by atoms with Crippen molar-refractivity contribution in [3.63, 3.8) is 0 Å². The summed E-state index contributed by atoms with van der Waals surface area (Å²) in [6.45, 7) is 0.177. The molecule has 0 rings (SSSR count). The van der Waals surface area contributed by atoms with Crippen molar-refractivity contribution in [2.24, 2.45) is 0 Å². The number of rotatable bonds is 3. The van der Waals surface area contributed by atoms with Gasteiger partial charge in [0.25, 0.3) is 0 Å². The van der Waals surface area contributed by atoms with Gasteiger partial charge < -0.3 is 0 Å². The summed E-state index contributed by atoms with van der Waals surface area (Å²) in [5, 5.41) is 16.7. The normalized spacial score (nSPS) is 14.3. The zero-order chi connectivity index (χ0) is 5.70. The van der Waals surface area contributed by atoms with Gasteiger partial charge in [0.15, 0.2) is 0 Å². The van der Waals surface area contributed by atoms with Gasteiger partial charge in [-0.05, 0) is 0 Å². The Hall–Kier alpha value is 0.660. The molecule has 0 aliphatic rings. The molecule has 0 amide bonds. The topological polar surface area (TPSA) is 40.5 Å². The van der Waals surface area contributed by atoms with E-state index in [-0.39, 0.29) is 10.9 Å². The van der Waals surface area contributed by atoms with Gasteiger partial charge in [0.2, 0.25) is 0 Å². The second-order valence-electron chi connectivity index (χ2n) is 1.25. The van der Waals surface area contributed by atoms with E-state index in [1.165, 1.54) is 0 Å². The third-order valence-corrected chi connectivity index (χ3v) is 1.20. The molecule has 0 heterocycles. The molecule has 1 unspecified atom stereocenters. The first-order valence-electron chi connectivity index (χ1n) is 2.16. The Morgan fingerprint density at radius 2 is 2.14 bits per heavy atom. The molecule has 0 radical (unpaired) electrons. The van der Waals surface area contributed by atoms with Crippen LogP contribution in [0.25, 0.3) is 0 Å². The molecule has 0 aliphatic heterocycles. The Morgan fingerprint density at radius 3 is 2.29 bits per heavy atom. The van der Waals surface area contributed by atoms with Crippen LogP contribution in [0.1, 0.15) is 12.8 Å². The zero-order valence-corrected chi connectivity index (χ0v) is 6.06. The Kier molecular flexibility index (Phi) is 5.26. The number of hydrogen-bond donors (Lipinski definition) is 2. The van der Waals surface area contributed by atoms with Gasteiger partial charge in [-0.3, -0.25) is 0 Å². The van der Waals surface area contributed by atoms with E-state index in [1.54, 1.807) is 0 Å². The third kappa shape index (κ3) is 6.66. The van der Waals surface area contributed by atoms with Crippen LogP contribution in [-0.4, -0.2) is 21.1 Å². The summed E-state index contributed by atoms with van der Waals surface area (Å²) in [7, 11) is 0. The molecule has 0 aromatic heterocycles. The molecule has 0 saturated carbocycles. The predicted octanol–water partition coefficient (Wildman–Crippen LogP) is -0.376. The number of hydrogen-bond acceptors (Lipinski definition) is 2. The van der Waals surface area contributed by atoms with Crippen LogP contribution in [0.2, 0.25) is 0 Å². The Labute approximate surface area is 55.5 Å². The number of aliphatic hydroxyl groups excluding tert-OH is 2. The van der Waals surface area contributed by atoms with Crippen molar-refractivity contribution in [1.82, 2.24) is 0 Å². The van der Waals surface area contributed by atoms with Crippen molar-refractivity contribution in [3.8, 4) is 0 Å². The fourth-order valence-electron chi connectivity index (χ4n) is 0.244. The Morgan fingerprint density at radius 1 is 1.57 bits per heavy atom. The van der Waals surface area contributed by atoms with Gasteiger partial charge in [0, 0.05) is 0 Å². The van der Waals surface area contributed by atoms with Gasteiger partial charge in [-0.2, -0.15) is 0 Å². The zero-order valence-electron chi connectivity index (χ0n) is 3.89. The van der Waals surface area contributed by atoms with Gasteiger partial charge in [0.1, 0.15) is 0 Å². The van der Waals surface area contributed by atoms with Crippen LogP contribution in [0.3, 0.4) is 0 Å². The van der Waals surface area contributed by atoms with E-state index in [2.05, 4.69) is 21.1 Å². The van der Waals surface area contributed by atoms with Gasteiger partial charge in [-0.25, -0.2) is 0 Å². The van der Waals surface area contributed by atoms with Crippen LogP contribution in [0.4, 0.5) is 0 Å². The van der Waals surface area contributed by atoms with Crippen molar-refractivity contribution in [2.45, 2.75) is 17.2 Å². The summed E-state index contributed by atoms with van der Waals surface area (Å²) in [4.78, 5) is 0. The number of aliphatic hydroxyl groups is 2. The van der Waals surface area contributed by atoms with Gasteiger partial charge in [0.05, 0.1) is 0 Å². The first kappa shape index (κ1) is 7.66. The van der Waals surface area contributed by atoms with Crippen molar-refractivity contribution in [1.29, 1.82) is 0 Å². The van der Waals surface area contributed by atoms with Crippen LogP contribution in [0.15, 0.2) is 0 Å². The average molecular weight is 286 g/mol. The van der Waals surface area contributed by atoms with E-state index in [0.717, 1.165) is 0 Å². The van der Waals surface area contributed by atoms with E-state index in [9.17, 15) is 0 Å². The molecule has 0 aromatic carbocycles. The molecular formula is C4H9AuO2. The Bertz CT molecular complexity index is 38.7. The van der Waals surface area contributed by atoms with E-state index in [0.29, 0.717) is 12.8 Å². The predicted molar refractivity (Wildman–Crippen MR) is 22.3 cm³/mol. The van der Waals surface area contributed by atoms with Gasteiger partial charge in [-0.1, -0.05) is 0 Å². The van der Waals surface area contributed by atoms with Crippen LogP contribution in [0.5, 0.6) is 0 Å². The van der Waals surface area contributed by atoms with E-state index >= 15 is 0 Å². The van der Waals surface area contributed by atoms with E-state index in [4.69, 9.17) is 10.2 Å². The molecule has 1 atom stereocenters. The molecule has 2 N–H and O–H groups in total. The third-order valence-electron chi connectivity index (χ3n) is 0.578. The molecular weight excluding hydrogens is 277 g/mol. The van der Waals surface area contributed by atoms with Crippen molar-refractivity contribution >= 4 is 0 Å². The van der Waals surface area contributed by atoms with Crippen LogP contribution in [0, 0.1) is 0 Å².